The van der Waals surface area contributed by atoms with Gasteiger partial charge in [-0.2, -0.15) is 0 Å². The molecule has 2 rings (SSSR count). The van der Waals surface area contributed by atoms with Crippen LogP contribution in [-0.2, 0) is 4.79 Å². The fourth-order valence-corrected chi connectivity index (χ4v) is 2.26. The zero-order valence-electron chi connectivity index (χ0n) is 10.7. The first kappa shape index (κ1) is 15.0. The second-order valence-electron chi connectivity index (χ2n) is 4.00. The first-order valence-electron chi connectivity index (χ1n) is 5.94. The minimum Gasteiger partial charge on any atom is -0.478 e. The summed E-state index contributed by atoms with van der Waals surface area (Å²) in [7, 11) is 0. The minimum absolute atomic E-state index is 0.0161. The van der Waals surface area contributed by atoms with Crippen LogP contribution in [0.15, 0.2) is 47.6 Å². The van der Waals surface area contributed by atoms with Crippen LogP contribution >= 0.6 is 11.8 Å². The van der Waals surface area contributed by atoms with Gasteiger partial charge in [0.2, 0.25) is 5.12 Å². The zero-order chi connectivity index (χ0) is 15.2. The molecule has 108 valence electrons. The Morgan fingerprint density at radius 1 is 1.24 bits per heavy atom. The average Bonchev–Trinajstić information content (AvgIpc) is 2.47. The second-order valence-corrected chi connectivity index (χ2v) is 5.04. The maximum absolute atomic E-state index is 12.7. The molecule has 0 saturated heterocycles. The lowest BCUT2D eigenvalue weighted by molar-refractivity contribution is -0.109. The molecule has 0 amide bonds. The van der Waals surface area contributed by atoms with Gasteiger partial charge >= 0.3 is 5.97 Å². The second kappa shape index (κ2) is 6.85. The SMILES string of the molecule is O=C(CNc1ccc(F)cc1)Sc1ncccc1C(=O)O. The van der Waals surface area contributed by atoms with Crippen molar-refractivity contribution in [2.75, 3.05) is 11.9 Å². The lowest BCUT2D eigenvalue weighted by atomic mass is 10.3. The number of pyridine rings is 1. The standard InChI is InChI=1S/C14H11FN2O3S/c15-9-3-5-10(6-4-9)17-8-12(18)21-13-11(14(19)20)2-1-7-16-13/h1-7,17H,8H2,(H,19,20). The van der Waals surface area contributed by atoms with Gasteiger partial charge in [-0.15, -0.1) is 0 Å². The van der Waals surface area contributed by atoms with E-state index in [0.717, 1.165) is 11.8 Å². The van der Waals surface area contributed by atoms with E-state index in [1.807, 2.05) is 0 Å². The Morgan fingerprint density at radius 2 is 1.95 bits per heavy atom. The van der Waals surface area contributed by atoms with Gasteiger partial charge < -0.3 is 10.4 Å². The van der Waals surface area contributed by atoms with Gasteiger partial charge in [0.25, 0.3) is 0 Å². The van der Waals surface area contributed by atoms with Crippen molar-refractivity contribution in [3.63, 3.8) is 0 Å². The van der Waals surface area contributed by atoms with Gasteiger partial charge in [0.15, 0.2) is 0 Å². The highest BCUT2D eigenvalue weighted by Gasteiger charge is 2.14. The van der Waals surface area contributed by atoms with Crippen molar-refractivity contribution < 1.29 is 19.1 Å². The number of benzene rings is 1. The van der Waals surface area contributed by atoms with Crippen LogP contribution in [0.25, 0.3) is 0 Å². The fourth-order valence-electron chi connectivity index (χ4n) is 1.52. The number of nitrogens with one attached hydrogen (secondary N) is 1. The maximum Gasteiger partial charge on any atom is 0.338 e. The van der Waals surface area contributed by atoms with E-state index < -0.39 is 5.97 Å². The van der Waals surface area contributed by atoms with Crippen molar-refractivity contribution in [1.82, 2.24) is 4.98 Å². The summed E-state index contributed by atoms with van der Waals surface area (Å²) in [4.78, 5) is 26.7. The van der Waals surface area contributed by atoms with E-state index in [2.05, 4.69) is 10.3 Å². The summed E-state index contributed by atoms with van der Waals surface area (Å²) >= 11 is 0.754. The summed E-state index contributed by atoms with van der Waals surface area (Å²) in [5.41, 5.74) is 0.586. The Hall–Kier alpha value is -2.41. The Kier molecular flexibility index (Phi) is 4.89. The largest absolute Gasteiger partial charge is 0.478 e. The molecule has 0 atom stereocenters. The van der Waals surface area contributed by atoms with E-state index in [-0.39, 0.29) is 28.1 Å². The zero-order valence-corrected chi connectivity index (χ0v) is 11.6. The molecule has 0 unspecified atom stereocenters. The molecule has 2 aromatic rings. The minimum atomic E-state index is -1.13. The third kappa shape index (κ3) is 4.28. The highest BCUT2D eigenvalue weighted by Crippen LogP contribution is 2.21. The summed E-state index contributed by atoms with van der Waals surface area (Å²) in [5.74, 6) is -1.49. The number of carboxylic acid groups (broad SMARTS) is 1. The molecule has 0 fully saturated rings. The Bertz CT molecular complexity index is 662. The van der Waals surface area contributed by atoms with Crippen LogP contribution in [0.1, 0.15) is 10.4 Å². The summed E-state index contributed by atoms with van der Waals surface area (Å²) in [6, 6.07) is 8.46. The van der Waals surface area contributed by atoms with Crippen LogP contribution in [0.4, 0.5) is 10.1 Å². The summed E-state index contributed by atoms with van der Waals surface area (Å²) < 4.78 is 12.7. The van der Waals surface area contributed by atoms with E-state index in [1.165, 1.54) is 42.6 Å². The number of hydrogen-bond donors (Lipinski definition) is 2. The molecule has 2 N–H and O–H groups in total. The summed E-state index contributed by atoms with van der Waals surface area (Å²) in [5, 5.41) is 11.7. The Morgan fingerprint density at radius 3 is 2.62 bits per heavy atom. The van der Waals surface area contributed by atoms with E-state index in [0.29, 0.717) is 5.69 Å². The quantitative estimate of drug-likeness (QED) is 0.827. The lowest BCUT2D eigenvalue weighted by Crippen LogP contribution is -2.11. The molecule has 0 radical (unpaired) electrons. The molecule has 5 nitrogen and oxygen atoms in total. The Balaban J connectivity index is 1.96. The number of hydrogen-bond acceptors (Lipinski definition) is 5. The normalized spacial score (nSPS) is 10.1. The van der Waals surface area contributed by atoms with Crippen LogP contribution in [0.2, 0.25) is 0 Å². The number of rotatable bonds is 5. The van der Waals surface area contributed by atoms with E-state index >= 15 is 0 Å². The lowest BCUT2D eigenvalue weighted by Gasteiger charge is -2.06. The molecular formula is C14H11FN2O3S. The van der Waals surface area contributed by atoms with Gasteiger partial charge in [-0.25, -0.2) is 14.2 Å². The first-order valence-corrected chi connectivity index (χ1v) is 6.76. The number of carbonyl (C=O) groups excluding carboxylic acids is 1. The molecule has 0 aliphatic rings. The number of aromatic nitrogens is 1. The predicted octanol–water partition coefficient (Wildman–Crippen LogP) is 2.65. The van der Waals surface area contributed by atoms with Crippen LogP contribution in [0, 0.1) is 5.82 Å². The van der Waals surface area contributed by atoms with Crippen molar-refractivity contribution in [2.24, 2.45) is 0 Å². The number of nitrogens with zero attached hydrogens (tertiary/aromatic N) is 1. The smallest absolute Gasteiger partial charge is 0.338 e. The topological polar surface area (TPSA) is 79.3 Å². The van der Waals surface area contributed by atoms with Gasteiger partial charge in [-0.05, 0) is 48.2 Å². The van der Waals surface area contributed by atoms with Gasteiger partial charge in [-0.3, -0.25) is 4.79 Å². The molecule has 21 heavy (non-hydrogen) atoms. The first-order chi connectivity index (χ1) is 10.1. The molecule has 7 heteroatoms. The van der Waals surface area contributed by atoms with Crippen LogP contribution in [0.3, 0.4) is 0 Å². The third-order valence-electron chi connectivity index (χ3n) is 2.49. The maximum atomic E-state index is 12.7. The number of aromatic carboxylic acids is 1. The van der Waals surface area contributed by atoms with Gasteiger partial charge in [0, 0.05) is 11.9 Å². The number of halogens is 1. The molecule has 1 aromatic heterocycles. The van der Waals surface area contributed by atoms with E-state index in [9.17, 15) is 14.0 Å². The van der Waals surface area contributed by atoms with Crippen molar-refractivity contribution in [2.45, 2.75) is 5.03 Å². The van der Waals surface area contributed by atoms with Crippen molar-refractivity contribution in [3.8, 4) is 0 Å². The summed E-state index contributed by atoms with van der Waals surface area (Å²) in [6.45, 7) is -0.0219. The molecule has 0 saturated carbocycles. The van der Waals surface area contributed by atoms with Gasteiger partial charge in [0.05, 0.1) is 12.1 Å². The monoisotopic (exact) mass is 306 g/mol. The van der Waals surface area contributed by atoms with Crippen molar-refractivity contribution in [1.29, 1.82) is 0 Å². The molecule has 0 aliphatic heterocycles. The molecule has 1 heterocycles. The van der Waals surface area contributed by atoms with E-state index in [1.54, 1.807) is 0 Å². The van der Waals surface area contributed by atoms with E-state index in [4.69, 9.17) is 5.11 Å². The van der Waals surface area contributed by atoms with Crippen LogP contribution < -0.4 is 5.32 Å². The summed E-state index contributed by atoms with van der Waals surface area (Å²) in [6.07, 6.45) is 1.43. The predicted molar refractivity (Wildman–Crippen MR) is 77.0 cm³/mol. The van der Waals surface area contributed by atoms with Crippen LogP contribution in [-0.4, -0.2) is 27.7 Å². The molecular weight excluding hydrogens is 295 g/mol. The highest BCUT2D eigenvalue weighted by atomic mass is 32.2. The van der Waals surface area contributed by atoms with Crippen molar-refractivity contribution in [3.05, 3.63) is 54.0 Å². The molecule has 1 aromatic carbocycles. The highest BCUT2D eigenvalue weighted by molar-refractivity contribution is 8.13. The van der Waals surface area contributed by atoms with Crippen molar-refractivity contribution >= 4 is 28.5 Å². The molecule has 0 spiro atoms. The van der Waals surface area contributed by atoms with Gasteiger partial charge in [0.1, 0.15) is 10.8 Å². The molecule has 0 aliphatic carbocycles. The van der Waals surface area contributed by atoms with Crippen LogP contribution in [0.5, 0.6) is 0 Å². The Labute approximate surface area is 124 Å². The fraction of sp³-hybridized carbons (Fsp3) is 0.0714. The number of carbonyl (C=O) groups is 2. The average molecular weight is 306 g/mol. The third-order valence-corrected chi connectivity index (χ3v) is 3.38. The number of anilines is 1. The van der Waals surface area contributed by atoms with Gasteiger partial charge in [-0.1, -0.05) is 0 Å². The number of carboxylic acids is 1. The number of thioether (sulfide) groups is 1. The molecule has 0 bridgehead atoms.